The molecule has 0 spiro atoms. The van der Waals surface area contributed by atoms with Gasteiger partial charge in [-0.25, -0.2) is 4.39 Å². The zero-order valence-corrected chi connectivity index (χ0v) is 9.58. The van der Waals surface area contributed by atoms with Gasteiger partial charge in [-0.05, 0) is 18.2 Å². The second kappa shape index (κ2) is 5.14. The number of nitrogens with one attached hydrogen (secondary N) is 1. The minimum absolute atomic E-state index is 0.358. The van der Waals surface area contributed by atoms with E-state index in [1.54, 1.807) is 18.2 Å². The van der Waals surface area contributed by atoms with Crippen molar-refractivity contribution in [2.45, 2.75) is 6.67 Å². The Labute approximate surface area is 99.6 Å². The average molecular weight is 237 g/mol. The van der Waals surface area contributed by atoms with Crippen molar-refractivity contribution in [3.8, 4) is 0 Å². The maximum Gasteiger partial charge on any atom is 0.248 e. The van der Waals surface area contributed by atoms with Crippen molar-refractivity contribution in [3.63, 3.8) is 0 Å². The lowest BCUT2D eigenvalue weighted by molar-refractivity contribution is 0.1000. The van der Waals surface area contributed by atoms with Crippen molar-refractivity contribution in [2.24, 2.45) is 5.73 Å². The molecule has 0 unspecified atom stereocenters. The summed E-state index contributed by atoms with van der Waals surface area (Å²) < 4.78 is 13.0. The molecule has 1 aliphatic heterocycles. The van der Waals surface area contributed by atoms with E-state index in [1.165, 1.54) is 0 Å². The van der Waals surface area contributed by atoms with Gasteiger partial charge in [0.2, 0.25) is 5.91 Å². The molecule has 0 aliphatic carbocycles. The highest BCUT2D eigenvalue weighted by molar-refractivity contribution is 5.93. The van der Waals surface area contributed by atoms with E-state index in [0.717, 1.165) is 31.9 Å². The molecule has 92 valence electrons. The van der Waals surface area contributed by atoms with Gasteiger partial charge < -0.3 is 16.0 Å². The summed E-state index contributed by atoms with van der Waals surface area (Å²) in [6.45, 7) is 2.90. The van der Waals surface area contributed by atoms with Gasteiger partial charge >= 0.3 is 0 Å². The minimum atomic E-state index is -0.583. The van der Waals surface area contributed by atoms with Crippen LogP contribution >= 0.6 is 0 Å². The molecule has 0 radical (unpaired) electrons. The second-order valence-corrected chi connectivity index (χ2v) is 4.08. The van der Waals surface area contributed by atoms with Crippen molar-refractivity contribution in [1.29, 1.82) is 0 Å². The highest BCUT2D eigenvalue weighted by atomic mass is 19.1. The number of carbonyl (C=O) groups excluding carboxylic acids is 1. The van der Waals surface area contributed by atoms with E-state index in [1.807, 2.05) is 0 Å². The summed E-state index contributed by atoms with van der Waals surface area (Å²) in [6.07, 6.45) is 0. The largest absolute Gasteiger partial charge is 0.369 e. The first-order valence-electron chi connectivity index (χ1n) is 5.66. The number of nitrogens with two attached hydrogens (primary N) is 1. The molecule has 1 saturated heterocycles. The maximum absolute atomic E-state index is 13.0. The number of rotatable bonds is 3. The van der Waals surface area contributed by atoms with Gasteiger partial charge in [0.25, 0.3) is 0 Å². The first-order chi connectivity index (χ1) is 8.22. The fourth-order valence-electron chi connectivity index (χ4n) is 2.06. The Kier molecular flexibility index (Phi) is 3.58. The number of alkyl halides is 1. The number of hydrogen-bond acceptors (Lipinski definition) is 3. The van der Waals surface area contributed by atoms with Crippen LogP contribution in [-0.2, 0) is 6.67 Å². The van der Waals surface area contributed by atoms with Crippen molar-refractivity contribution in [1.82, 2.24) is 5.32 Å². The van der Waals surface area contributed by atoms with Crippen molar-refractivity contribution < 1.29 is 9.18 Å². The van der Waals surface area contributed by atoms with E-state index in [2.05, 4.69) is 10.2 Å². The van der Waals surface area contributed by atoms with Crippen LogP contribution in [0.3, 0.4) is 0 Å². The van der Waals surface area contributed by atoms with Crippen LogP contribution in [-0.4, -0.2) is 32.1 Å². The lowest BCUT2D eigenvalue weighted by atomic mass is 10.1. The van der Waals surface area contributed by atoms with Gasteiger partial charge in [0.05, 0.1) is 0 Å². The fourth-order valence-corrected chi connectivity index (χ4v) is 2.06. The quantitative estimate of drug-likeness (QED) is 0.812. The van der Waals surface area contributed by atoms with Gasteiger partial charge in [0.1, 0.15) is 6.67 Å². The summed E-state index contributed by atoms with van der Waals surface area (Å²) in [7, 11) is 0. The van der Waals surface area contributed by atoms with Crippen molar-refractivity contribution in [2.75, 3.05) is 31.1 Å². The van der Waals surface area contributed by atoms with Gasteiger partial charge in [0, 0.05) is 43.0 Å². The molecule has 1 aliphatic rings. The molecule has 0 atom stereocenters. The number of carbonyl (C=O) groups is 1. The predicted octanol–water partition coefficient (Wildman–Crippen LogP) is 0.665. The topological polar surface area (TPSA) is 58.4 Å². The SMILES string of the molecule is NC(=O)c1ccc(N2CCNCC2)c(CF)c1. The molecule has 1 aromatic carbocycles. The van der Waals surface area contributed by atoms with E-state index >= 15 is 0 Å². The van der Waals surface area contributed by atoms with Gasteiger partial charge in [-0.2, -0.15) is 0 Å². The molecule has 0 aromatic heterocycles. The molecule has 1 amide bonds. The summed E-state index contributed by atoms with van der Waals surface area (Å²) in [4.78, 5) is 13.2. The first-order valence-corrected chi connectivity index (χ1v) is 5.66. The predicted molar refractivity (Wildman–Crippen MR) is 64.9 cm³/mol. The number of primary amides is 1. The zero-order chi connectivity index (χ0) is 12.3. The van der Waals surface area contributed by atoms with Gasteiger partial charge in [-0.15, -0.1) is 0 Å². The van der Waals surface area contributed by atoms with Crippen LogP contribution in [0.2, 0.25) is 0 Å². The minimum Gasteiger partial charge on any atom is -0.369 e. The highest BCUT2D eigenvalue weighted by Crippen LogP contribution is 2.23. The number of benzene rings is 1. The maximum atomic E-state index is 13.0. The normalized spacial score (nSPS) is 15.9. The molecule has 2 rings (SSSR count). The van der Waals surface area contributed by atoms with Crippen LogP contribution in [0.25, 0.3) is 0 Å². The van der Waals surface area contributed by atoms with Gasteiger partial charge in [-0.1, -0.05) is 0 Å². The van der Waals surface area contributed by atoms with E-state index in [0.29, 0.717) is 11.1 Å². The van der Waals surface area contributed by atoms with Crippen LogP contribution in [0.15, 0.2) is 18.2 Å². The Morgan fingerprint density at radius 2 is 2.12 bits per heavy atom. The number of piperazine rings is 1. The number of amides is 1. The third-order valence-corrected chi connectivity index (χ3v) is 2.97. The third kappa shape index (κ3) is 2.55. The van der Waals surface area contributed by atoms with Crippen LogP contribution in [0, 0.1) is 0 Å². The Balaban J connectivity index is 2.29. The summed E-state index contributed by atoms with van der Waals surface area (Å²) in [6, 6.07) is 4.97. The lowest BCUT2D eigenvalue weighted by Crippen LogP contribution is -2.43. The van der Waals surface area contributed by atoms with Gasteiger partial charge in [-0.3, -0.25) is 4.79 Å². The monoisotopic (exact) mass is 237 g/mol. The van der Waals surface area contributed by atoms with E-state index in [9.17, 15) is 9.18 Å². The van der Waals surface area contributed by atoms with E-state index < -0.39 is 12.6 Å². The van der Waals surface area contributed by atoms with E-state index in [4.69, 9.17) is 5.73 Å². The number of halogens is 1. The van der Waals surface area contributed by atoms with Crippen LogP contribution < -0.4 is 16.0 Å². The molecule has 1 aromatic rings. The first kappa shape index (κ1) is 11.9. The second-order valence-electron chi connectivity index (χ2n) is 4.08. The molecule has 3 N–H and O–H groups in total. The molecule has 5 heteroatoms. The molecule has 0 saturated carbocycles. The summed E-state index contributed by atoms with van der Waals surface area (Å²) in [5.41, 5.74) is 6.93. The molecule has 4 nitrogen and oxygen atoms in total. The highest BCUT2D eigenvalue weighted by Gasteiger charge is 2.15. The van der Waals surface area contributed by atoms with Crippen LogP contribution in [0.4, 0.5) is 10.1 Å². The summed E-state index contributed by atoms with van der Waals surface area (Å²) >= 11 is 0. The van der Waals surface area contributed by atoms with Crippen LogP contribution in [0.5, 0.6) is 0 Å². The molecular weight excluding hydrogens is 221 g/mol. The summed E-state index contributed by atoms with van der Waals surface area (Å²) in [5.74, 6) is -0.522. The number of nitrogens with zero attached hydrogens (tertiary/aromatic N) is 1. The van der Waals surface area contributed by atoms with Crippen molar-refractivity contribution >= 4 is 11.6 Å². The number of hydrogen-bond donors (Lipinski definition) is 2. The summed E-state index contributed by atoms with van der Waals surface area (Å²) in [5, 5.41) is 3.24. The fraction of sp³-hybridized carbons (Fsp3) is 0.417. The molecule has 17 heavy (non-hydrogen) atoms. The molecule has 1 fully saturated rings. The Bertz CT molecular complexity index is 416. The van der Waals surface area contributed by atoms with Gasteiger partial charge in [0.15, 0.2) is 0 Å². The standard InChI is InChI=1S/C12H16FN3O/c13-8-10-7-9(12(14)17)1-2-11(10)16-5-3-15-4-6-16/h1-2,7,15H,3-6,8H2,(H2,14,17). The van der Waals surface area contributed by atoms with Crippen LogP contribution in [0.1, 0.15) is 15.9 Å². The zero-order valence-electron chi connectivity index (χ0n) is 9.58. The molecule has 0 bridgehead atoms. The lowest BCUT2D eigenvalue weighted by Gasteiger charge is -2.30. The third-order valence-electron chi connectivity index (χ3n) is 2.97. The Morgan fingerprint density at radius 1 is 1.41 bits per heavy atom. The van der Waals surface area contributed by atoms with E-state index in [-0.39, 0.29) is 0 Å². The van der Waals surface area contributed by atoms with Crippen molar-refractivity contribution in [3.05, 3.63) is 29.3 Å². The molecule has 1 heterocycles. The smallest absolute Gasteiger partial charge is 0.248 e. The number of anilines is 1. The molecular formula is C12H16FN3O. The average Bonchev–Trinajstić information content (AvgIpc) is 2.39. The Morgan fingerprint density at radius 3 is 2.71 bits per heavy atom. The Hall–Kier alpha value is -1.62.